The third-order valence-corrected chi connectivity index (χ3v) is 2.72. The summed E-state index contributed by atoms with van der Waals surface area (Å²) >= 11 is 6.47. The second-order valence-electron chi connectivity index (χ2n) is 2.64. The minimum absolute atomic E-state index is 0.181. The normalized spacial score (nSPS) is 12.2. The Morgan fingerprint density at radius 2 is 2.13 bits per heavy atom. The van der Waals surface area contributed by atoms with Crippen molar-refractivity contribution in [2.75, 3.05) is 6.61 Å². The van der Waals surface area contributed by atoms with Crippen LogP contribution in [0.3, 0.4) is 0 Å². The van der Waals surface area contributed by atoms with Crippen molar-refractivity contribution >= 4 is 29.3 Å². The Morgan fingerprint density at radius 1 is 1.53 bits per heavy atom. The Balaban J connectivity index is 2.54. The highest BCUT2D eigenvalue weighted by Gasteiger charge is 2.19. The zero-order valence-electron chi connectivity index (χ0n) is 8.07. The van der Waals surface area contributed by atoms with Gasteiger partial charge in [0.05, 0.1) is 6.61 Å². The Bertz CT molecular complexity index is 329. The Labute approximate surface area is 96.8 Å². The predicted molar refractivity (Wildman–Crippen MR) is 58.8 cm³/mol. The summed E-state index contributed by atoms with van der Waals surface area (Å²) in [4.78, 5) is 11.6. The molecule has 2 nitrogen and oxygen atoms in total. The maximum atomic E-state index is 13.2. The number of carbonyl (C=O) groups excluding carboxylic acids is 1. The van der Waals surface area contributed by atoms with Gasteiger partial charge in [-0.15, -0.1) is 0 Å². The van der Waals surface area contributed by atoms with Crippen LogP contribution in [0.5, 0.6) is 0 Å². The second-order valence-corrected chi connectivity index (χ2v) is 4.20. The molecule has 0 aliphatic carbocycles. The van der Waals surface area contributed by atoms with E-state index in [0.717, 1.165) is 11.8 Å². The van der Waals surface area contributed by atoms with E-state index in [1.165, 1.54) is 0 Å². The van der Waals surface area contributed by atoms with Crippen LogP contribution >= 0.6 is 23.4 Å². The van der Waals surface area contributed by atoms with Crippen LogP contribution in [0.2, 0.25) is 5.02 Å². The van der Waals surface area contributed by atoms with Crippen molar-refractivity contribution < 1.29 is 13.9 Å². The quantitative estimate of drug-likeness (QED) is 0.604. The van der Waals surface area contributed by atoms with E-state index in [9.17, 15) is 9.18 Å². The topological polar surface area (TPSA) is 26.3 Å². The van der Waals surface area contributed by atoms with E-state index < -0.39 is 11.5 Å². The third kappa shape index (κ3) is 4.10. The van der Waals surface area contributed by atoms with Gasteiger partial charge in [-0.1, -0.05) is 23.4 Å². The van der Waals surface area contributed by atoms with E-state index >= 15 is 0 Å². The van der Waals surface area contributed by atoms with Gasteiger partial charge in [0.15, 0.2) is 0 Å². The highest BCUT2D eigenvalue weighted by Crippen LogP contribution is 2.26. The van der Waals surface area contributed by atoms with Crippen molar-refractivity contribution in [1.29, 1.82) is 0 Å². The molecular weight excluding hydrogens is 239 g/mol. The lowest BCUT2D eigenvalue weighted by Gasteiger charge is -2.06. The molecule has 0 saturated heterocycles. The van der Waals surface area contributed by atoms with Crippen LogP contribution in [0.4, 0.5) is 4.39 Å². The lowest BCUT2D eigenvalue weighted by atomic mass is 10.4. The number of esters is 1. The summed E-state index contributed by atoms with van der Waals surface area (Å²) in [6.45, 7) is 1.82. The van der Waals surface area contributed by atoms with Gasteiger partial charge < -0.3 is 4.74 Å². The number of benzene rings is 1. The molecule has 0 amide bonds. The number of rotatable bonds is 4. The molecular formula is C10H10ClFO2S. The van der Waals surface area contributed by atoms with Gasteiger partial charge in [0.1, 0.15) is 0 Å². The Morgan fingerprint density at radius 3 is 2.67 bits per heavy atom. The number of alkyl halides is 1. The minimum atomic E-state index is -1.69. The molecule has 1 aromatic carbocycles. The first-order valence-corrected chi connectivity index (χ1v) is 5.62. The van der Waals surface area contributed by atoms with E-state index in [4.69, 9.17) is 11.6 Å². The summed E-state index contributed by atoms with van der Waals surface area (Å²) in [5, 5.41) is 0.575. The number of thioether (sulfide) groups is 1. The van der Waals surface area contributed by atoms with Gasteiger partial charge in [-0.2, -0.15) is 0 Å². The van der Waals surface area contributed by atoms with Crippen molar-refractivity contribution in [2.45, 2.75) is 17.3 Å². The molecule has 15 heavy (non-hydrogen) atoms. The lowest BCUT2D eigenvalue weighted by Crippen LogP contribution is -2.15. The van der Waals surface area contributed by atoms with Gasteiger partial charge in [-0.05, 0) is 31.2 Å². The van der Waals surface area contributed by atoms with Crippen molar-refractivity contribution in [3.05, 3.63) is 29.3 Å². The van der Waals surface area contributed by atoms with E-state index in [2.05, 4.69) is 4.74 Å². The molecule has 5 heteroatoms. The Kier molecular flexibility index (Phi) is 4.91. The zero-order valence-corrected chi connectivity index (χ0v) is 9.65. The van der Waals surface area contributed by atoms with Crippen LogP contribution in [0.1, 0.15) is 6.92 Å². The van der Waals surface area contributed by atoms with Crippen LogP contribution in [0.25, 0.3) is 0 Å². The van der Waals surface area contributed by atoms with E-state index in [1.54, 1.807) is 31.2 Å². The SMILES string of the molecule is CCOC(=O)C(F)Sc1ccc(Cl)cc1. The number of hydrogen-bond donors (Lipinski definition) is 0. The fraction of sp³-hybridized carbons (Fsp3) is 0.300. The molecule has 0 aliphatic heterocycles. The fourth-order valence-corrected chi connectivity index (χ4v) is 1.71. The molecule has 0 heterocycles. The average molecular weight is 249 g/mol. The molecule has 1 unspecified atom stereocenters. The summed E-state index contributed by atoms with van der Waals surface area (Å²) in [5.41, 5.74) is -1.69. The third-order valence-electron chi connectivity index (χ3n) is 1.53. The molecule has 0 bridgehead atoms. The molecule has 82 valence electrons. The number of halogens is 2. The standard InChI is InChI=1S/C10H10ClFO2S/c1-2-14-10(13)9(12)15-8-5-3-7(11)4-6-8/h3-6,9H,2H2,1H3. The van der Waals surface area contributed by atoms with Gasteiger partial charge in [-0.25, -0.2) is 9.18 Å². The van der Waals surface area contributed by atoms with Gasteiger partial charge in [0, 0.05) is 9.92 Å². The number of ether oxygens (including phenoxy) is 1. The lowest BCUT2D eigenvalue weighted by molar-refractivity contribution is -0.145. The fourth-order valence-electron chi connectivity index (χ4n) is 0.889. The zero-order chi connectivity index (χ0) is 11.3. The predicted octanol–water partition coefficient (Wildman–Crippen LogP) is 3.29. The van der Waals surface area contributed by atoms with Gasteiger partial charge >= 0.3 is 5.97 Å². The largest absolute Gasteiger partial charge is 0.463 e. The summed E-state index contributed by atoms with van der Waals surface area (Å²) in [7, 11) is 0. The molecule has 1 rings (SSSR count). The molecule has 0 aromatic heterocycles. The summed E-state index contributed by atoms with van der Waals surface area (Å²) in [5.74, 6) is -0.850. The van der Waals surface area contributed by atoms with Crippen molar-refractivity contribution in [2.24, 2.45) is 0 Å². The summed E-state index contributed by atoms with van der Waals surface area (Å²) in [6, 6.07) is 6.58. The van der Waals surface area contributed by atoms with Crippen LogP contribution in [-0.4, -0.2) is 18.1 Å². The van der Waals surface area contributed by atoms with Crippen LogP contribution in [0, 0.1) is 0 Å². The van der Waals surface area contributed by atoms with Gasteiger partial charge in [0.2, 0.25) is 5.50 Å². The first-order valence-electron chi connectivity index (χ1n) is 4.36. The van der Waals surface area contributed by atoms with E-state index in [1.807, 2.05) is 0 Å². The van der Waals surface area contributed by atoms with Crippen molar-refractivity contribution in [1.82, 2.24) is 0 Å². The van der Waals surface area contributed by atoms with E-state index in [-0.39, 0.29) is 6.61 Å². The van der Waals surface area contributed by atoms with Crippen molar-refractivity contribution in [3.8, 4) is 0 Å². The second kappa shape index (κ2) is 5.98. The molecule has 1 aromatic rings. The highest BCUT2D eigenvalue weighted by molar-refractivity contribution is 8.00. The van der Waals surface area contributed by atoms with Gasteiger partial charge in [-0.3, -0.25) is 0 Å². The first-order chi connectivity index (χ1) is 7.13. The van der Waals surface area contributed by atoms with Crippen LogP contribution in [0.15, 0.2) is 29.2 Å². The first kappa shape index (κ1) is 12.3. The number of hydrogen-bond acceptors (Lipinski definition) is 3. The monoisotopic (exact) mass is 248 g/mol. The molecule has 0 spiro atoms. The van der Waals surface area contributed by atoms with Crippen molar-refractivity contribution in [3.63, 3.8) is 0 Å². The molecule has 0 saturated carbocycles. The highest BCUT2D eigenvalue weighted by atomic mass is 35.5. The number of carbonyl (C=O) groups is 1. The smallest absolute Gasteiger partial charge is 0.351 e. The molecule has 1 atom stereocenters. The minimum Gasteiger partial charge on any atom is -0.463 e. The van der Waals surface area contributed by atoms with Gasteiger partial charge in [0.25, 0.3) is 0 Å². The maximum Gasteiger partial charge on any atom is 0.351 e. The molecule has 0 N–H and O–H groups in total. The van der Waals surface area contributed by atoms with Crippen LogP contribution < -0.4 is 0 Å². The summed E-state index contributed by atoms with van der Waals surface area (Å²) in [6.07, 6.45) is 0. The molecule has 0 fully saturated rings. The molecule has 0 radical (unpaired) electrons. The Hall–Kier alpha value is -0.740. The average Bonchev–Trinajstić information content (AvgIpc) is 2.22. The van der Waals surface area contributed by atoms with Crippen LogP contribution in [-0.2, 0) is 9.53 Å². The summed E-state index contributed by atoms with van der Waals surface area (Å²) < 4.78 is 17.8. The molecule has 0 aliphatic rings. The van der Waals surface area contributed by atoms with E-state index in [0.29, 0.717) is 9.92 Å². The maximum absolute atomic E-state index is 13.2.